The largest absolute Gasteiger partial charge is 0.388 e. The molecule has 3 atom stereocenters. The van der Waals surface area contributed by atoms with E-state index in [4.69, 9.17) is 10.5 Å². The van der Waals surface area contributed by atoms with Crippen molar-refractivity contribution >= 4 is 0 Å². The smallest absolute Gasteiger partial charge is 0.0875 e. The van der Waals surface area contributed by atoms with Crippen LogP contribution in [0.15, 0.2) is 0 Å². The molecule has 3 heteroatoms. The summed E-state index contributed by atoms with van der Waals surface area (Å²) in [6, 6.07) is 0. The second-order valence-electron chi connectivity index (χ2n) is 5.29. The molecule has 0 saturated heterocycles. The number of ether oxygens (including phenoxy) is 1. The van der Waals surface area contributed by atoms with Gasteiger partial charge in [0.25, 0.3) is 0 Å². The van der Waals surface area contributed by atoms with E-state index in [-0.39, 0.29) is 12.0 Å². The van der Waals surface area contributed by atoms with Gasteiger partial charge in [-0.1, -0.05) is 20.3 Å². The summed E-state index contributed by atoms with van der Waals surface area (Å²) in [6.07, 6.45) is 3.73. The van der Waals surface area contributed by atoms with Crippen molar-refractivity contribution < 1.29 is 9.84 Å². The SMILES string of the molecule is CC(C)C(C)(O)COC1CCCC1CN. The van der Waals surface area contributed by atoms with Gasteiger partial charge in [0.05, 0.1) is 18.3 Å². The minimum absolute atomic E-state index is 0.218. The summed E-state index contributed by atoms with van der Waals surface area (Å²) in [5, 5.41) is 10.1. The van der Waals surface area contributed by atoms with E-state index < -0.39 is 5.60 Å². The van der Waals surface area contributed by atoms with E-state index in [1.165, 1.54) is 12.8 Å². The van der Waals surface area contributed by atoms with E-state index in [9.17, 15) is 5.11 Å². The Balaban J connectivity index is 2.36. The molecule has 0 aromatic carbocycles. The Kier molecular flexibility index (Phi) is 4.56. The molecule has 3 unspecified atom stereocenters. The van der Waals surface area contributed by atoms with E-state index in [0.29, 0.717) is 19.1 Å². The number of rotatable bonds is 5. The molecule has 0 spiro atoms. The first-order valence-electron chi connectivity index (χ1n) is 6.01. The zero-order valence-electron chi connectivity index (χ0n) is 10.2. The first-order chi connectivity index (χ1) is 6.97. The topological polar surface area (TPSA) is 55.5 Å². The number of hydrogen-bond acceptors (Lipinski definition) is 3. The molecule has 90 valence electrons. The minimum Gasteiger partial charge on any atom is -0.388 e. The lowest BCUT2D eigenvalue weighted by Gasteiger charge is -2.30. The predicted molar refractivity (Wildman–Crippen MR) is 61.6 cm³/mol. The van der Waals surface area contributed by atoms with Crippen molar-refractivity contribution in [3.05, 3.63) is 0 Å². The van der Waals surface area contributed by atoms with Crippen molar-refractivity contribution in [1.29, 1.82) is 0 Å². The van der Waals surface area contributed by atoms with Crippen LogP contribution in [0.1, 0.15) is 40.0 Å². The van der Waals surface area contributed by atoms with E-state index in [1.54, 1.807) is 0 Å². The number of nitrogens with two attached hydrogens (primary N) is 1. The van der Waals surface area contributed by atoms with Gasteiger partial charge in [0.2, 0.25) is 0 Å². The van der Waals surface area contributed by atoms with Crippen molar-refractivity contribution in [1.82, 2.24) is 0 Å². The molecule has 0 aromatic heterocycles. The molecule has 1 fully saturated rings. The molecule has 0 radical (unpaired) electrons. The Morgan fingerprint density at radius 3 is 2.67 bits per heavy atom. The van der Waals surface area contributed by atoms with Gasteiger partial charge < -0.3 is 15.6 Å². The lowest BCUT2D eigenvalue weighted by Crippen LogP contribution is -2.39. The van der Waals surface area contributed by atoms with Gasteiger partial charge >= 0.3 is 0 Å². The molecular weight excluding hydrogens is 190 g/mol. The summed E-state index contributed by atoms with van der Waals surface area (Å²) in [4.78, 5) is 0. The maximum atomic E-state index is 10.1. The van der Waals surface area contributed by atoms with Crippen LogP contribution in [0.25, 0.3) is 0 Å². The van der Waals surface area contributed by atoms with Gasteiger partial charge in [-0.3, -0.25) is 0 Å². The predicted octanol–water partition coefficient (Wildman–Crippen LogP) is 1.54. The van der Waals surface area contributed by atoms with Crippen LogP contribution < -0.4 is 5.73 Å². The van der Waals surface area contributed by atoms with Crippen LogP contribution in [0.4, 0.5) is 0 Å². The molecule has 0 aliphatic heterocycles. The van der Waals surface area contributed by atoms with Crippen molar-refractivity contribution in [3.8, 4) is 0 Å². The first kappa shape index (κ1) is 12.9. The molecule has 15 heavy (non-hydrogen) atoms. The van der Waals surface area contributed by atoms with Gasteiger partial charge in [-0.2, -0.15) is 0 Å². The van der Waals surface area contributed by atoms with Gasteiger partial charge in [0, 0.05) is 0 Å². The summed E-state index contributed by atoms with van der Waals surface area (Å²) in [6.45, 7) is 6.99. The van der Waals surface area contributed by atoms with Crippen LogP contribution >= 0.6 is 0 Å². The lowest BCUT2D eigenvalue weighted by atomic mass is 9.93. The Hall–Kier alpha value is -0.120. The number of aliphatic hydroxyl groups is 1. The average molecular weight is 215 g/mol. The summed E-state index contributed by atoms with van der Waals surface area (Å²) in [7, 11) is 0. The van der Waals surface area contributed by atoms with Gasteiger partial charge in [0.1, 0.15) is 0 Å². The molecule has 0 amide bonds. The average Bonchev–Trinajstić information content (AvgIpc) is 2.61. The molecule has 1 aliphatic carbocycles. The third kappa shape index (κ3) is 3.44. The second kappa shape index (κ2) is 5.28. The van der Waals surface area contributed by atoms with Crippen molar-refractivity contribution in [3.63, 3.8) is 0 Å². The quantitative estimate of drug-likeness (QED) is 0.731. The second-order valence-corrected chi connectivity index (χ2v) is 5.29. The van der Waals surface area contributed by atoms with Crippen molar-refractivity contribution in [2.24, 2.45) is 17.6 Å². The maximum Gasteiger partial charge on any atom is 0.0875 e. The molecule has 1 aliphatic rings. The Bertz CT molecular complexity index is 192. The molecule has 1 saturated carbocycles. The highest BCUT2D eigenvalue weighted by molar-refractivity contribution is 4.82. The fourth-order valence-corrected chi connectivity index (χ4v) is 1.93. The van der Waals surface area contributed by atoms with Crippen molar-refractivity contribution in [2.45, 2.75) is 51.7 Å². The van der Waals surface area contributed by atoms with Crippen LogP contribution in [0.2, 0.25) is 0 Å². The summed E-state index contributed by atoms with van der Waals surface area (Å²) >= 11 is 0. The number of hydrogen-bond donors (Lipinski definition) is 2. The minimum atomic E-state index is -0.720. The Morgan fingerprint density at radius 1 is 1.47 bits per heavy atom. The third-order valence-electron chi connectivity index (χ3n) is 3.73. The molecule has 3 N–H and O–H groups in total. The van der Waals surface area contributed by atoms with E-state index >= 15 is 0 Å². The van der Waals surface area contributed by atoms with E-state index in [1.807, 2.05) is 20.8 Å². The zero-order valence-corrected chi connectivity index (χ0v) is 10.2. The van der Waals surface area contributed by atoms with E-state index in [0.717, 1.165) is 6.42 Å². The molecule has 1 rings (SSSR count). The molecule has 3 nitrogen and oxygen atoms in total. The highest BCUT2D eigenvalue weighted by atomic mass is 16.5. The standard InChI is InChI=1S/C12H25NO2/c1-9(2)12(3,14)8-15-11-6-4-5-10(11)7-13/h9-11,14H,4-8,13H2,1-3H3. The van der Waals surface area contributed by atoms with Gasteiger partial charge in [-0.15, -0.1) is 0 Å². The Labute approximate surface area is 93.0 Å². The highest BCUT2D eigenvalue weighted by Crippen LogP contribution is 2.29. The monoisotopic (exact) mass is 215 g/mol. The third-order valence-corrected chi connectivity index (χ3v) is 3.73. The normalized spacial score (nSPS) is 30.8. The fourth-order valence-electron chi connectivity index (χ4n) is 1.93. The summed E-state index contributed by atoms with van der Waals surface area (Å²) in [5.74, 6) is 0.711. The van der Waals surface area contributed by atoms with Crippen LogP contribution in [-0.4, -0.2) is 30.0 Å². The summed E-state index contributed by atoms with van der Waals surface area (Å²) < 4.78 is 5.80. The Morgan fingerprint density at radius 2 is 2.13 bits per heavy atom. The summed E-state index contributed by atoms with van der Waals surface area (Å²) in [5.41, 5.74) is 4.96. The van der Waals surface area contributed by atoms with Crippen LogP contribution in [0.5, 0.6) is 0 Å². The first-order valence-corrected chi connectivity index (χ1v) is 6.01. The van der Waals surface area contributed by atoms with Gasteiger partial charge in [-0.25, -0.2) is 0 Å². The van der Waals surface area contributed by atoms with Gasteiger partial charge in [0.15, 0.2) is 0 Å². The molecular formula is C12H25NO2. The van der Waals surface area contributed by atoms with Crippen LogP contribution in [-0.2, 0) is 4.74 Å². The van der Waals surface area contributed by atoms with Crippen LogP contribution in [0, 0.1) is 11.8 Å². The molecule has 0 aromatic rings. The molecule has 0 heterocycles. The lowest BCUT2D eigenvalue weighted by molar-refractivity contribution is -0.0932. The fraction of sp³-hybridized carbons (Fsp3) is 1.00. The zero-order chi connectivity index (χ0) is 11.5. The van der Waals surface area contributed by atoms with Crippen LogP contribution in [0.3, 0.4) is 0 Å². The van der Waals surface area contributed by atoms with E-state index in [2.05, 4.69) is 0 Å². The van der Waals surface area contributed by atoms with Crippen molar-refractivity contribution in [2.75, 3.05) is 13.2 Å². The van der Waals surface area contributed by atoms with Gasteiger partial charge in [-0.05, 0) is 38.1 Å². The maximum absolute atomic E-state index is 10.1. The highest BCUT2D eigenvalue weighted by Gasteiger charge is 2.31. The molecule has 0 bridgehead atoms.